The lowest BCUT2D eigenvalue weighted by Crippen LogP contribution is -2.30. The molecule has 6 heteroatoms. The van der Waals surface area contributed by atoms with Crippen molar-refractivity contribution in [2.75, 3.05) is 4.90 Å². The highest BCUT2D eigenvalue weighted by Gasteiger charge is 2.22. The number of fused-ring (bicyclic) bond motifs is 1. The molecule has 0 fully saturated rings. The van der Waals surface area contributed by atoms with Gasteiger partial charge >= 0.3 is 0 Å². The summed E-state index contributed by atoms with van der Waals surface area (Å²) < 4.78 is 1.05. The second-order valence-electron chi connectivity index (χ2n) is 6.50. The SMILES string of the molecule is Cc1ccc2nc(N(Cc3ccccc3)C(=O)c3cc(Cl)cc(Cl)c3)sc2c1. The standard InChI is InChI=1S/C22H16Cl2N2OS/c1-14-7-8-19-20(9-14)28-22(25-19)26(13-15-5-3-2-4-6-15)21(27)16-10-17(23)12-18(24)11-16/h2-12H,13H2,1H3. The largest absolute Gasteiger partial charge is 0.279 e. The number of nitrogens with zero attached hydrogens (tertiary/aromatic N) is 2. The van der Waals surface area contributed by atoms with Gasteiger partial charge in [-0.25, -0.2) is 4.98 Å². The molecule has 3 nitrogen and oxygen atoms in total. The normalized spacial score (nSPS) is 11.0. The fourth-order valence-corrected chi connectivity index (χ4v) is 4.55. The average molecular weight is 427 g/mol. The summed E-state index contributed by atoms with van der Waals surface area (Å²) in [5.41, 5.74) is 3.48. The zero-order chi connectivity index (χ0) is 19.7. The summed E-state index contributed by atoms with van der Waals surface area (Å²) in [5.74, 6) is -0.191. The summed E-state index contributed by atoms with van der Waals surface area (Å²) in [6.45, 7) is 2.45. The molecule has 0 N–H and O–H groups in total. The molecule has 0 aliphatic carbocycles. The average Bonchev–Trinajstić information content (AvgIpc) is 3.08. The van der Waals surface area contributed by atoms with Crippen LogP contribution in [0.25, 0.3) is 10.2 Å². The first kappa shape index (κ1) is 18.9. The van der Waals surface area contributed by atoms with Crippen molar-refractivity contribution in [2.24, 2.45) is 0 Å². The summed E-state index contributed by atoms with van der Waals surface area (Å²) in [4.78, 5) is 19.8. The summed E-state index contributed by atoms with van der Waals surface area (Å²) in [7, 11) is 0. The summed E-state index contributed by atoms with van der Waals surface area (Å²) in [6, 6.07) is 20.8. The van der Waals surface area contributed by atoms with Gasteiger partial charge in [0.05, 0.1) is 16.8 Å². The van der Waals surface area contributed by atoms with E-state index in [1.807, 2.05) is 49.4 Å². The second kappa shape index (κ2) is 7.92. The molecule has 140 valence electrons. The second-order valence-corrected chi connectivity index (χ2v) is 8.38. The first-order valence-electron chi connectivity index (χ1n) is 8.69. The van der Waals surface area contributed by atoms with E-state index in [9.17, 15) is 4.79 Å². The van der Waals surface area contributed by atoms with Crippen LogP contribution in [0.3, 0.4) is 0 Å². The van der Waals surface area contributed by atoms with Gasteiger partial charge in [0, 0.05) is 15.6 Å². The molecule has 4 aromatic rings. The third-order valence-corrected chi connectivity index (χ3v) is 5.78. The first-order valence-corrected chi connectivity index (χ1v) is 10.3. The third-order valence-electron chi connectivity index (χ3n) is 4.30. The topological polar surface area (TPSA) is 33.2 Å². The molecule has 1 aromatic heterocycles. The molecule has 0 aliphatic heterocycles. The number of halogens is 2. The number of carbonyl (C=O) groups excluding carboxylic acids is 1. The maximum absolute atomic E-state index is 13.4. The Balaban J connectivity index is 1.79. The van der Waals surface area contributed by atoms with Crippen LogP contribution in [0.4, 0.5) is 5.13 Å². The molecule has 1 amide bonds. The number of thiazole rings is 1. The highest BCUT2D eigenvalue weighted by Crippen LogP contribution is 2.32. The summed E-state index contributed by atoms with van der Waals surface area (Å²) in [6.07, 6.45) is 0. The van der Waals surface area contributed by atoms with E-state index in [0.29, 0.717) is 27.3 Å². The zero-order valence-electron chi connectivity index (χ0n) is 15.0. The Bertz CT molecular complexity index is 1140. The Kier molecular flexibility index (Phi) is 5.36. The Morgan fingerprint density at radius 2 is 1.71 bits per heavy atom. The molecule has 3 aromatic carbocycles. The number of carbonyl (C=O) groups is 1. The number of aromatic nitrogens is 1. The van der Waals surface area contributed by atoms with Crippen LogP contribution in [0.2, 0.25) is 10.0 Å². The Morgan fingerprint density at radius 3 is 2.43 bits per heavy atom. The summed E-state index contributed by atoms with van der Waals surface area (Å²) >= 11 is 13.7. The first-order chi connectivity index (χ1) is 13.5. The number of hydrogen-bond donors (Lipinski definition) is 0. The molecule has 0 aliphatic rings. The maximum atomic E-state index is 13.4. The van der Waals surface area contributed by atoms with Crippen molar-refractivity contribution in [3.05, 3.63) is 93.5 Å². The molecule has 28 heavy (non-hydrogen) atoms. The Hall–Kier alpha value is -2.40. The van der Waals surface area contributed by atoms with E-state index < -0.39 is 0 Å². The monoisotopic (exact) mass is 426 g/mol. The third kappa shape index (κ3) is 4.04. The smallest absolute Gasteiger partial charge is 0.260 e. The van der Waals surface area contributed by atoms with E-state index in [1.165, 1.54) is 11.3 Å². The molecule has 0 radical (unpaired) electrons. The van der Waals surface area contributed by atoms with E-state index >= 15 is 0 Å². The van der Waals surface area contributed by atoms with Crippen molar-refractivity contribution in [1.29, 1.82) is 0 Å². The minimum Gasteiger partial charge on any atom is -0.279 e. The maximum Gasteiger partial charge on any atom is 0.260 e. The fraction of sp³-hybridized carbons (Fsp3) is 0.0909. The number of hydrogen-bond acceptors (Lipinski definition) is 3. The van der Waals surface area contributed by atoms with Gasteiger partial charge in [0.25, 0.3) is 5.91 Å². The van der Waals surface area contributed by atoms with Gasteiger partial charge in [-0.3, -0.25) is 9.69 Å². The molecule has 0 unspecified atom stereocenters. The molecule has 0 atom stereocenters. The van der Waals surface area contributed by atoms with Crippen LogP contribution in [-0.4, -0.2) is 10.9 Å². The number of aryl methyl sites for hydroxylation is 1. The minimum atomic E-state index is -0.191. The highest BCUT2D eigenvalue weighted by atomic mass is 35.5. The Morgan fingerprint density at radius 1 is 1.00 bits per heavy atom. The minimum absolute atomic E-state index is 0.191. The molecule has 0 bridgehead atoms. The number of amides is 1. The molecule has 1 heterocycles. The van der Waals surface area contributed by atoms with Crippen molar-refractivity contribution >= 4 is 55.8 Å². The van der Waals surface area contributed by atoms with Crippen molar-refractivity contribution in [1.82, 2.24) is 4.98 Å². The molecule has 0 saturated carbocycles. The van der Waals surface area contributed by atoms with Crippen LogP contribution in [0.15, 0.2) is 66.7 Å². The lowest BCUT2D eigenvalue weighted by Gasteiger charge is -2.20. The van der Waals surface area contributed by atoms with Gasteiger partial charge in [0.2, 0.25) is 0 Å². The predicted octanol–water partition coefficient (Wildman–Crippen LogP) is 6.76. The van der Waals surface area contributed by atoms with Gasteiger partial charge in [-0.2, -0.15) is 0 Å². The number of rotatable bonds is 4. The van der Waals surface area contributed by atoms with E-state index in [-0.39, 0.29) is 5.91 Å². The van der Waals surface area contributed by atoms with Gasteiger partial charge < -0.3 is 0 Å². The van der Waals surface area contributed by atoms with E-state index in [0.717, 1.165) is 21.3 Å². The molecular formula is C22H16Cl2N2OS. The molecule has 0 spiro atoms. The van der Waals surface area contributed by atoms with Crippen molar-refractivity contribution in [3.8, 4) is 0 Å². The fourth-order valence-electron chi connectivity index (χ4n) is 2.96. The molecule has 0 saturated heterocycles. The van der Waals surface area contributed by atoms with Crippen molar-refractivity contribution < 1.29 is 4.79 Å². The summed E-state index contributed by atoms with van der Waals surface area (Å²) in [5, 5.41) is 1.50. The van der Waals surface area contributed by atoms with Gasteiger partial charge in [0.15, 0.2) is 5.13 Å². The zero-order valence-corrected chi connectivity index (χ0v) is 17.4. The van der Waals surface area contributed by atoms with Crippen molar-refractivity contribution in [3.63, 3.8) is 0 Å². The van der Waals surface area contributed by atoms with Crippen LogP contribution in [-0.2, 0) is 6.54 Å². The van der Waals surface area contributed by atoms with Gasteiger partial charge in [-0.05, 0) is 48.4 Å². The van der Waals surface area contributed by atoms with E-state index in [1.54, 1.807) is 23.1 Å². The van der Waals surface area contributed by atoms with Crippen LogP contribution in [0.1, 0.15) is 21.5 Å². The van der Waals surface area contributed by atoms with Gasteiger partial charge in [-0.15, -0.1) is 0 Å². The molecular weight excluding hydrogens is 411 g/mol. The van der Waals surface area contributed by atoms with Gasteiger partial charge in [0.1, 0.15) is 0 Å². The van der Waals surface area contributed by atoms with Crippen LogP contribution < -0.4 is 4.90 Å². The van der Waals surface area contributed by atoms with Crippen LogP contribution in [0.5, 0.6) is 0 Å². The van der Waals surface area contributed by atoms with Crippen molar-refractivity contribution in [2.45, 2.75) is 13.5 Å². The number of benzene rings is 3. The Labute approximate surface area is 177 Å². The lowest BCUT2D eigenvalue weighted by atomic mass is 10.1. The van der Waals surface area contributed by atoms with E-state index in [4.69, 9.17) is 28.2 Å². The number of anilines is 1. The van der Waals surface area contributed by atoms with Crippen LogP contribution in [0, 0.1) is 6.92 Å². The van der Waals surface area contributed by atoms with E-state index in [2.05, 4.69) is 6.07 Å². The van der Waals surface area contributed by atoms with Crippen LogP contribution >= 0.6 is 34.5 Å². The molecule has 4 rings (SSSR count). The lowest BCUT2D eigenvalue weighted by molar-refractivity contribution is 0.0985. The predicted molar refractivity (Wildman–Crippen MR) is 118 cm³/mol. The highest BCUT2D eigenvalue weighted by molar-refractivity contribution is 7.22. The quantitative estimate of drug-likeness (QED) is 0.361. The van der Waals surface area contributed by atoms with Gasteiger partial charge in [-0.1, -0.05) is 70.9 Å².